The van der Waals surface area contributed by atoms with Crippen molar-refractivity contribution in [3.8, 4) is 0 Å². The van der Waals surface area contributed by atoms with E-state index in [-0.39, 0.29) is 19.8 Å². The Morgan fingerprint density at radius 1 is 1.13 bits per heavy atom. The average molecular weight is 223 g/mol. The van der Waals surface area contributed by atoms with Gasteiger partial charge in [-0.15, -0.1) is 10.1 Å². The molecule has 0 heterocycles. The second-order valence-corrected chi connectivity index (χ2v) is 2.92. The van der Waals surface area contributed by atoms with E-state index in [4.69, 9.17) is 10.2 Å². The van der Waals surface area contributed by atoms with Crippen molar-refractivity contribution in [1.82, 2.24) is 0 Å². The van der Waals surface area contributed by atoms with Crippen LogP contribution in [0.3, 0.4) is 0 Å². The van der Waals surface area contributed by atoms with Crippen molar-refractivity contribution in [3.63, 3.8) is 0 Å². The summed E-state index contributed by atoms with van der Waals surface area (Å²) in [5, 5.41) is 25.0. The van der Waals surface area contributed by atoms with E-state index in [1.54, 1.807) is 0 Å². The minimum absolute atomic E-state index is 0.195. The van der Waals surface area contributed by atoms with Gasteiger partial charge in [-0.25, -0.2) is 0 Å². The Morgan fingerprint density at radius 2 is 1.67 bits per heavy atom. The van der Waals surface area contributed by atoms with Gasteiger partial charge in [-0.3, -0.25) is 0 Å². The van der Waals surface area contributed by atoms with Crippen LogP contribution >= 0.6 is 0 Å². The Balaban J connectivity index is 0. The summed E-state index contributed by atoms with van der Waals surface area (Å²) in [7, 11) is 0. The van der Waals surface area contributed by atoms with Gasteiger partial charge in [0, 0.05) is 13.2 Å². The highest BCUT2D eigenvalue weighted by Gasteiger charge is 1.91. The van der Waals surface area contributed by atoms with Gasteiger partial charge in [0.05, 0.1) is 6.61 Å². The number of rotatable bonds is 8. The molecule has 15 heavy (non-hydrogen) atoms. The number of aliphatic hydroxyl groups is 2. The molecule has 0 aliphatic heterocycles. The molecule has 2 N–H and O–H groups in total. The van der Waals surface area contributed by atoms with E-state index in [1.807, 2.05) is 6.92 Å². The number of nitrogens with zero attached hydrogens (tertiary/aromatic N) is 1. The summed E-state index contributed by atoms with van der Waals surface area (Å²) in [6.45, 7) is 2.66. The molecule has 0 amide bonds. The summed E-state index contributed by atoms with van der Waals surface area (Å²) in [4.78, 5) is 13.6. The minimum Gasteiger partial charge on any atom is -0.396 e. The molecule has 0 aromatic carbocycles. The second kappa shape index (κ2) is 15.6. The van der Waals surface area contributed by atoms with Crippen LogP contribution in [0.1, 0.15) is 39.0 Å². The van der Waals surface area contributed by atoms with Gasteiger partial charge < -0.3 is 15.1 Å². The topological polar surface area (TPSA) is 92.8 Å². The lowest BCUT2D eigenvalue weighted by molar-refractivity contribution is -0.757. The summed E-state index contributed by atoms with van der Waals surface area (Å²) in [6, 6.07) is 0. The molecule has 0 aromatic rings. The highest BCUT2D eigenvalue weighted by molar-refractivity contribution is 4.32. The van der Waals surface area contributed by atoms with Crippen molar-refractivity contribution in [2.24, 2.45) is 0 Å². The zero-order chi connectivity index (χ0) is 11.9. The Hall–Kier alpha value is -0.880. The molecule has 0 aromatic heterocycles. The molecular weight excluding hydrogens is 202 g/mol. The van der Waals surface area contributed by atoms with Crippen LogP contribution in [0.25, 0.3) is 0 Å². The Bertz CT molecular complexity index is 128. The number of hydrogen-bond acceptors (Lipinski definition) is 5. The minimum atomic E-state index is -0.754. The molecule has 92 valence electrons. The van der Waals surface area contributed by atoms with Crippen molar-refractivity contribution in [2.45, 2.75) is 39.0 Å². The number of aliphatic hydroxyl groups excluding tert-OH is 2. The lowest BCUT2D eigenvalue weighted by Gasteiger charge is -1.94. The standard InChI is InChI=1S/C5H11NO3.C4H10O2/c1-2-3-4-5-9-6(7)8;5-3-1-2-4-6/h2-5H2,1H3;5-6H,1-4H2. The Morgan fingerprint density at radius 3 is 2.00 bits per heavy atom. The molecule has 0 saturated carbocycles. The summed E-state index contributed by atoms with van der Waals surface area (Å²) in [5.74, 6) is 0. The quantitative estimate of drug-likeness (QED) is 0.365. The number of unbranched alkanes of at least 4 members (excludes halogenated alkanes) is 3. The highest BCUT2D eigenvalue weighted by atomic mass is 16.9. The lowest BCUT2D eigenvalue weighted by atomic mass is 10.3. The van der Waals surface area contributed by atoms with E-state index in [0.29, 0.717) is 0 Å². The lowest BCUT2D eigenvalue weighted by Crippen LogP contribution is -2.01. The van der Waals surface area contributed by atoms with E-state index in [2.05, 4.69) is 4.84 Å². The van der Waals surface area contributed by atoms with E-state index < -0.39 is 5.09 Å². The van der Waals surface area contributed by atoms with E-state index in [9.17, 15) is 10.1 Å². The predicted molar refractivity (Wildman–Crippen MR) is 55.9 cm³/mol. The molecule has 0 fully saturated rings. The molecule has 0 rings (SSSR count). The van der Waals surface area contributed by atoms with Gasteiger partial charge in [0.2, 0.25) is 0 Å². The molecule has 0 radical (unpaired) electrons. The average Bonchev–Trinajstić information content (AvgIpc) is 2.22. The maximum Gasteiger partial charge on any atom is 0.294 e. The monoisotopic (exact) mass is 223 g/mol. The molecule has 6 heteroatoms. The molecule has 0 bridgehead atoms. The summed E-state index contributed by atoms with van der Waals surface area (Å²) in [6.07, 6.45) is 4.26. The Labute approximate surface area is 90.0 Å². The van der Waals surface area contributed by atoms with Gasteiger partial charge in [-0.05, 0) is 19.3 Å². The van der Waals surface area contributed by atoms with Gasteiger partial charge in [0.25, 0.3) is 5.09 Å². The van der Waals surface area contributed by atoms with Crippen LogP contribution in [-0.4, -0.2) is 35.1 Å². The van der Waals surface area contributed by atoms with E-state index in [1.165, 1.54) is 0 Å². The van der Waals surface area contributed by atoms with Gasteiger partial charge >= 0.3 is 0 Å². The molecule has 0 aliphatic rings. The van der Waals surface area contributed by atoms with Crippen LogP contribution in [0.15, 0.2) is 0 Å². The van der Waals surface area contributed by atoms with Crippen molar-refractivity contribution in [3.05, 3.63) is 10.1 Å². The normalized spacial score (nSPS) is 9.00. The van der Waals surface area contributed by atoms with E-state index >= 15 is 0 Å². The smallest absolute Gasteiger partial charge is 0.294 e. The fourth-order valence-electron chi connectivity index (χ4n) is 0.715. The van der Waals surface area contributed by atoms with E-state index in [0.717, 1.165) is 32.1 Å². The number of hydrogen-bond donors (Lipinski definition) is 2. The highest BCUT2D eigenvalue weighted by Crippen LogP contribution is 1.93. The molecule has 0 aliphatic carbocycles. The van der Waals surface area contributed by atoms with Crippen LogP contribution in [0.2, 0.25) is 0 Å². The van der Waals surface area contributed by atoms with Gasteiger partial charge in [-0.1, -0.05) is 19.8 Å². The first kappa shape index (κ1) is 16.5. The zero-order valence-electron chi connectivity index (χ0n) is 9.22. The first-order valence-corrected chi connectivity index (χ1v) is 5.18. The first-order chi connectivity index (χ1) is 7.18. The third-order valence-electron chi connectivity index (χ3n) is 1.51. The van der Waals surface area contributed by atoms with Gasteiger partial charge in [0.15, 0.2) is 0 Å². The summed E-state index contributed by atoms with van der Waals surface area (Å²) < 4.78 is 0. The molecule has 6 nitrogen and oxygen atoms in total. The van der Waals surface area contributed by atoms with Crippen molar-refractivity contribution >= 4 is 0 Å². The second-order valence-electron chi connectivity index (χ2n) is 2.92. The zero-order valence-corrected chi connectivity index (χ0v) is 9.22. The fraction of sp³-hybridized carbons (Fsp3) is 1.00. The molecule has 0 spiro atoms. The molecular formula is C9H21NO5. The van der Waals surface area contributed by atoms with Gasteiger partial charge in [0.1, 0.15) is 0 Å². The van der Waals surface area contributed by atoms with Crippen LogP contribution < -0.4 is 0 Å². The van der Waals surface area contributed by atoms with Crippen LogP contribution in [-0.2, 0) is 4.84 Å². The third kappa shape index (κ3) is 24.6. The largest absolute Gasteiger partial charge is 0.396 e. The summed E-state index contributed by atoms with van der Waals surface area (Å²) in [5.41, 5.74) is 0. The van der Waals surface area contributed by atoms with Crippen molar-refractivity contribution in [1.29, 1.82) is 0 Å². The fourth-order valence-corrected chi connectivity index (χ4v) is 0.715. The first-order valence-electron chi connectivity index (χ1n) is 5.18. The third-order valence-corrected chi connectivity index (χ3v) is 1.51. The van der Waals surface area contributed by atoms with Crippen molar-refractivity contribution < 1.29 is 20.1 Å². The molecule has 0 atom stereocenters. The summed E-state index contributed by atoms with van der Waals surface area (Å²) >= 11 is 0. The Kier molecular flexibility index (Phi) is 17.2. The molecule has 0 saturated heterocycles. The van der Waals surface area contributed by atoms with Crippen molar-refractivity contribution in [2.75, 3.05) is 19.8 Å². The van der Waals surface area contributed by atoms with Crippen LogP contribution in [0.5, 0.6) is 0 Å². The predicted octanol–water partition coefficient (Wildman–Crippen LogP) is 1.14. The maximum atomic E-state index is 9.55. The van der Waals surface area contributed by atoms with Crippen LogP contribution in [0.4, 0.5) is 0 Å². The van der Waals surface area contributed by atoms with Crippen LogP contribution in [0, 0.1) is 10.1 Å². The molecule has 0 unspecified atom stereocenters. The maximum absolute atomic E-state index is 9.55. The van der Waals surface area contributed by atoms with Gasteiger partial charge in [-0.2, -0.15) is 0 Å². The SMILES string of the molecule is CCCCCO[N+](=O)[O-].OCCCCO.